The molecule has 2 atom stereocenters. The standard InChI is InChI=1S/C16H26N2O2/c1-12-5-4-6-18(11-12)16(10-17)13-7-14(19-2)9-15(8-13)20-3/h7-9,12,16H,4-6,10-11,17H2,1-3H3/t12-,16+/m1/s1. The molecule has 2 N–H and O–H groups in total. The summed E-state index contributed by atoms with van der Waals surface area (Å²) < 4.78 is 10.7. The Kier molecular flexibility index (Phi) is 5.26. The topological polar surface area (TPSA) is 47.7 Å². The molecule has 1 aliphatic heterocycles. The Hall–Kier alpha value is -1.26. The molecular formula is C16H26N2O2. The Morgan fingerprint density at radius 2 is 1.90 bits per heavy atom. The highest BCUT2D eigenvalue weighted by atomic mass is 16.5. The van der Waals surface area contributed by atoms with Gasteiger partial charge < -0.3 is 15.2 Å². The molecule has 1 saturated heterocycles. The van der Waals surface area contributed by atoms with Crippen LogP contribution in [0.4, 0.5) is 0 Å². The first-order valence-electron chi connectivity index (χ1n) is 7.35. The van der Waals surface area contributed by atoms with E-state index >= 15 is 0 Å². The van der Waals surface area contributed by atoms with E-state index in [4.69, 9.17) is 15.2 Å². The van der Waals surface area contributed by atoms with Crippen molar-refractivity contribution in [1.29, 1.82) is 0 Å². The summed E-state index contributed by atoms with van der Waals surface area (Å²) in [6.45, 7) is 5.15. The fraction of sp³-hybridized carbons (Fsp3) is 0.625. The molecule has 1 aliphatic rings. The third-order valence-corrected chi connectivity index (χ3v) is 4.11. The largest absolute Gasteiger partial charge is 0.497 e. The summed E-state index contributed by atoms with van der Waals surface area (Å²) in [4.78, 5) is 2.49. The van der Waals surface area contributed by atoms with Gasteiger partial charge in [0.05, 0.1) is 14.2 Å². The van der Waals surface area contributed by atoms with Crippen molar-refractivity contribution in [3.05, 3.63) is 23.8 Å². The van der Waals surface area contributed by atoms with E-state index < -0.39 is 0 Å². The average molecular weight is 278 g/mol. The quantitative estimate of drug-likeness (QED) is 0.898. The van der Waals surface area contributed by atoms with Crippen LogP contribution < -0.4 is 15.2 Å². The predicted molar refractivity (Wildman–Crippen MR) is 81.3 cm³/mol. The molecule has 0 radical (unpaired) electrons. The number of hydrogen-bond donors (Lipinski definition) is 1. The van der Waals surface area contributed by atoms with E-state index in [1.165, 1.54) is 18.4 Å². The van der Waals surface area contributed by atoms with Crippen molar-refractivity contribution in [2.75, 3.05) is 33.9 Å². The molecule has 20 heavy (non-hydrogen) atoms. The molecule has 0 saturated carbocycles. The van der Waals surface area contributed by atoms with Crippen molar-refractivity contribution in [1.82, 2.24) is 4.90 Å². The van der Waals surface area contributed by atoms with Gasteiger partial charge in [0.2, 0.25) is 0 Å². The summed E-state index contributed by atoms with van der Waals surface area (Å²) in [6.07, 6.45) is 2.56. The maximum absolute atomic E-state index is 6.04. The lowest BCUT2D eigenvalue weighted by molar-refractivity contribution is 0.133. The lowest BCUT2D eigenvalue weighted by atomic mass is 9.96. The van der Waals surface area contributed by atoms with Crippen molar-refractivity contribution >= 4 is 0 Å². The van der Waals surface area contributed by atoms with E-state index in [1.54, 1.807) is 14.2 Å². The lowest BCUT2D eigenvalue weighted by Crippen LogP contribution is -2.40. The van der Waals surface area contributed by atoms with E-state index in [0.29, 0.717) is 6.54 Å². The number of benzene rings is 1. The van der Waals surface area contributed by atoms with Crippen molar-refractivity contribution in [3.63, 3.8) is 0 Å². The summed E-state index contributed by atoms with van der Waals surface area (Å²) in [5, 5.41) is 0. The Labute approximate surface area is 121 Å². The first kappa shape index (κ1) is 15.1. The van der Waals surface area contributed by atoms with E-state index in [1.807, 2.05) is 6.07 Å². The van der Waals surface area contributed by atoms with Gasteiger partial charge in [-0.15, -0.1) is 0 Å². The third-order valence-electron chi connectivity index (χ3n) is 4.11. The molecule has 1 aromatic carbocycles. The van der Waals surface area contributed by atoms with Crippen LogP contribution in [0.1, 0.15) is 31.4 Å². The summed E-state index contributed by atoms with van der Waals surface area (Å²) in [5.41, 5.74) is 7.22. The highest BCUT2D eigenvalue weighted by Crippen LogP contribution is 2.31. The minimum Gasteiger partial charge on any atom is -0.497 e. The minimum absolute atomic E-state index is 0.238. The van der Waals surface area contributed by atoms with Gasteiger partial charge in [0, 0.05) is 25.2 Å². The number of likely N-dealkylation sites (tertiary alicyclic amines) is 1. The average Bonchev–Trinajstić information content (AvgIpc) is 2.47. The Balaban J connectivity index is 2.25. The SMILES string of the molecule is COc1cc(OC)cc([C@H](CN)N2CCC[C@@H](C)C2)c1. The van der Waals surface area contributed by atoms with Crippen LogP contribution >= 0.6 is 0 Å². The highest BCUT2D eigenvalue weighted by Gasteiger charge is 2.24. The third kappa shape index (κ3) is 3.44. The molecule has 0 aromatic heterocycles. The van der Waals surface area contributed by atoms with Crippen molar-refractivity contribution in [3.8, 4) is 11.5 Å². The van der Waals surface area contributed by atoms with Gasteiger partial charge in [-0.25, -0.2) is 0 Å². The number of methoxy groups -OCH3 is 2. The molecule has 4 heteroatoms. The van der Waals surface area contributed by atoms with Gasteiger partial charge in [0.15, 0.2) is 0 Å². The first-order chi connectivity index (χ1) is 9.67. The van der Waals surface area contributed by atoms with Crippen LogP contribution in [-0.4, -0.2) is 38.8 Å². The molecule has 0 amide bonds. The molecule has 0 unspecified atom stereocenters. The number of nitrogens with zero attached hydrogens (tertiary/aromatic N) is 1. The van der Waals surface area contributed by atoms with Gasteiger partial charge in [-0.1, -0.05) is 6.92 Å². The number of rotatable bonds is 5. The molecule has 1 heterocycles. The summed E-state index contributed by atoms with van der Waals surface area (Å²) in [6, 6.07) is 6.27. The molecule has 1 aromatic rings. The van der Waals surface area contributed by atoms with Gasteiger partial charge in [-0.3, -0.25) is 4.90 Å². The second kappa shape index (κ2) is 6.95. The normalized spacial score (nSPS) is 21.5. The van der Waals surface area contributed by atoms with Crippen LogP contribution in [0, 0.1) is 5.92 Å². The van der Waals surface area contributed by atoms with E-state index in [9.17, 15) is 0 Å². The van der Waals surface area contributed by atoms with E-state index in [0.717, 1.165) is 30.5 Å². The fourth-order valence-electron chi connectivity index (χ4n) is 3.03. The van der Waals surface area contributed by atoms with Gasteiger partial charge in [-0.05, 0) is 43.0 Å². The first-order valence-corrected chi connectivity index (χ1v) is 7.35. The van der Waals surface area contributed by atoms with Crippen molar-refractivity contribution < 1.29 is 9.47 Å². The maximum atomic E-state index is 6.04. The highest BCUT2D eigenvalue weighted by molar-refractivity contribution is 5.40. The Bertz CT molecular complexity index is 414. The van der Waals surface area contributed by atoms with E-state index in [2.05, 4.69) is 24.0 Å². The number of ether oxygens (including phenoxy) is 2. The zero-order valence-corrected chi connectivity index (χ0v) is 12.8. The maximum Gasteiger partial charge on any atom is 0.122 e. The fourth-order valence-corrected chi connectivity index (χ4v) is 3.03. The van der Waals surface area contributed by atoms with Crippen LogP contribution in [0.15, 0.2) is 18.2 Å². The van der Waals surface area contributed by atoms with Gasteiger partial charge in [0.1, 0.15) is 11.5 Å². The van der Waals surface area contributed by atoms with Crippen LogP contribution in [0.2, 0.25) is 0 Å². The second-order valence-corrected chi connectivity index (χ2v) is 5.64. The van der Waals surface area contributed by atoms with Crippen LogP contribution in [0.5, 0.6) is 11.5 Å². The van der Waals surface area contributed by atoms with Gasteiger partial charge >= 0.3 is 0 Å². The van der Waals surface area contributed by atoms with E-state index in [-0.39, 0.29) is 6.04 Å². The van der Waals surface area contributed by atoms with Crippen molar-refractivity contribution in [2.45, 2.75) is 25.8 Å². The number of piperidine rings is 1. The number of nitrogens with two attached hydrogens (primary N) is 1. The Morgan fingerprint density at radius 3 is 2.40 bits per heavy atom. The summed E-state index contributed by atoms with van der Waals surface area (Å²) in [7, 11) is 3.36. The van der Waals surface area contributed by atoms with Crippen LogP contribution in [-0.2, 0) is 0 Å². The summed E-state index contributed by atoms with van der Waals surface area (Å²) in [5.74, 6) is 2.39. The molecule has 4 nitrogen and oxygen atoms in total. The minimum atomic E-state index is 0.238. The predicted octanol–water partition coefficient (Wildman–Crippen LogP) is 2.44. The molecule has 2 rings (SSSR count). The molecule has 112 valence electrons. The molecule has 0 spiro atoms. The molecular weight excluding hydrogens is 252 g/mol. The van der Waals surface area contributed by atoms with Crippen LogP contribution in [0.25, 0.3) is 0 Å². The zero-order chi connectivity index (χ0) is 14.5. The number of hydrogen-bond acceptors (Lipinski definition) is 4. The molecule has 0 aliphatic carbocycles. The van der Waals surface area contributed by atoms with Gasteiger partial charge in [0.25, 0.3) is 0 Å². The lowest BCUT2D eigenvalue weighted by Gasteiger charge is -2.37. The Morgan fingerprint density at radius 1 is 1.25 bits per heavy atom. The van der Waals surface area contributed by atoms with Gasteiger partial charge in [-0.2, -0.15) is 0 Å². The molecule has 1 fully saturated rings. The molecule has 0 bridgehead atoms. The van der Waals surface area contributed by atoms with Crippen molar-refractivity contribution in [2.24, 2.45) is 11.7 Å². The zero-order valence-electron chi connectivity index (χ0n) is 12.8. The smallest absolute Gasteiger partial charge is 0.122 e. The van der Waals surface area contributed by atoms with Crippen LogP contribution in [0.3, 0.4) is 0 Å². The monoisotopic (exact) mass is 278 g/mol. The summed E-state index contributed by atoms with van der Waals surface area (Å²) >= 11 is 0. The second-order valence-electron chi connectivity index (χ2n) is 5.64.